The third-order valence-corrected chi connectivity index (χ3v) is 3.89. The third-order valence-electron chi connectivity index (χ3n) is 3.89. The fourth-order valence-electron chi connectivity index (χ4n) is 2.65. The van der Waals surface area contributed by atoms with Gasteiger partial charge in [0.05, 0.1) is 0 Å². The van der Waals surface area contributed by atoms with Gasteiger partial charge >= 0.3 is 0 Å². The van der Waals surface area contributed by atoms with Crippen molar-refractivity contribution in [2.24, 2.45) is 5.92 Å². The summed E-state index contributed by atoms with van der Waals surface area (Å²) in [5.74, 6) is 1.27. The topological polar surface area (TPSA) is 55.1 Å². The van der Waals surface area contributed by atoms with Crippen LogP contribution < -0.4 is 5.32 Å². The predicted molar refractivity (Wildman–Crippen MR) is 76.8 cm³/mol. The zero-order valence-corrected chi connectivity index (χ0v) is 11.8. The summed E-state index contributed by atoms with van der Waals surface area (Å²) in [6.07, 6.45) is 2.84. The highest BCUT2D eigenvalue weighted by molar-refractivity contribution is 6.04. The summed E-state index contributed by atoms with van der Waals surface area (Å²) in [6, 6.07) is 7.71. The van der Waals surface area contributed by atoms with E-state index in [1.54, 1.807) is 0 Å². The summed E-state index contributed by atoms with van der Waals surface area (Å²) in [7, 11) is 0. The molecule has 0 radical (unpaired) electrons. The molecule has 1 aliphatic rings. The molecule has 0 fully saturated rings. The predicted octanol–water partition coefficient (Wildman–Crippen LogP) is 3.36. The van der Waals surface area contributed by atoms with Gasteiger partial charge in [-0.2, -0.15) is 0 Å². The molecule has 2 aromatic rings. The molecule has 1 unspecified atom stereocenters. The molecule has 4 heteroatoms. The first-order valence-corrected chi connectivity index (χ1v) is 6.99. The summed E-state index contributed by atoms with van der Waals surface area (Å²) in [5, 5.41) is 6.89. The normalized spacial score (nSPS) is 17.6. The van der Waals surface area contributed by atoms with Gasteiger partial charge in [-0.25, -0.2) is 0 Å². The molecule has 1 aromatic heterocycles. The lowest BCUT2D eigenvalue weighted by atomic mass is 9.88. The lowest BCUT2D eigenvalue weighted by molar-refractivity contribution is 0.101. The fourth-order valence-corrected chi connectivity index (χ4v) is 2.65. The number of rotatable bonds is 2. The molecular weight excluding hydrogens is 252 g/mol. The smallest absolute Gasteiger partial charge is 0.278 e. The van der Waals surface area contributed by atoms with E-state index < -0.39 is 0 Å². The molecule has 0 bridgehead atoms. The van der Waals surface area contributed by atoms with Crippen LogP contribution in [0.25, 0.3) is 0 Å². The van der Waals surface area contributed by atoms with Crippen molar-refractivity contribution < 1.29 is 9.32 Å². The average Bonchev–Trinajstić information content (AvgIpc) is 2.84. The van der Waals surface area contributed by atoms with E-state index in [0.29, 0.717) is 11.6 Å². The zero-order chi connectivity index (χ0) is 14.1. The Hall–Kier alpha value is -2.10. The number of hydrogen-bond acceptors (Lipinski definition) is 3. The van der Waals surface area contributed by atoms with Crippen LogP contribution in [-0.2, 0) is 12.8 Å². The second-order valence-corrected chi connectivity index (χ2v) is 5.55. The van der Waals surface area contributed by atoms with Crippen LogP contribution in [0.1, 0.15) is 40.7 Å². The molecule has 1 aromatic carbocycles. The SMILES string of the molecule is Cc1ccccc1NC(=O)c1noc2c1CC(C)CC2. The van der Waals surface area contributed by atoms with Crippen LogP contribution in [0, 0.1) is 12.8 Å². The molecule has 104 valence electrons. The van der Waals surface area contributed by atoms with Crippen LogP contribution in [0.2, 0.25) is 0 Å². The maximum absolute atomic E-state index is 12.4. The molecule has 1 N–H and O–H groups in total. The van der Waals surface area contributed by atoms with Gasteiger partial charge in [0.2, 0.25) is 0 Å². The highest BCUT2D eigenvalue weighted by Crippen LogP contribution is 2.28. The molecule has 0 aliphatic heterocycles. The Bertz CT molecular complexity index is 646. The van der Waals surface area contributed by atoms with Crippen LogP contribution in [0.15, 0.2) is 28.8 Å². The number of para-hydroxylation sites is 1. The summed E-state index contributed by atoms with van der Waals surface area (Å²) in [5.41, 5.74) is 3.27. The molecular formula is C16H18N2O2. The number of anilines is 1. The van der Waals surface area contributed by atoms with Crippen LogP contribution in [-0.4, -0.2) is 11.1 Å². The van der Waals surface area contributed by atoms with E-state index in [9.17, 15) is 4.79 Å². The van der Waals surface area contributed by atoms with Crippen molar-refractivity contribution >= 4 is 11.6 Å². The monoisotopic (exact) mass is 270 g/mol. The van der Waals surface area contributed by atoms with Gasteiger partial charge in [-0.15, -0.1) is 0 Å². The van der Waals surface area contributed by atoms with Crippen LogP contribution in [0.5, 0.6) is 0 Å². The van der Waals surface area contributed by atoms with Crippen molar-refractivity contribution in [3.05, 3.63) is 46.8 Å². The molecule has 20 heavy (non-hydrogen) atoms. The van der Waals surface area contributed by atoms with E-state index in [-0.39, 0.29) is 5.91 Å². The largest absolute Gasteiger partial charge is 0.360 e. The van der Waals surface area contributed by atoms with E-state index in [1.165, 1.54) is 0 Å². The summed E-state index contributed by atoms with van der Waals surface area (Å²) < 4.78 is 5.31. The van der Waals surface area contributed by atoms with Gasteiger partial charge in [-0.1, -0.05) is 30.3 Å². The van der Waals surface area contributed by atoms with Crippen molar-refractivity contribution in [2.75, 3.05) is 5.32 Å². The lowest BCUT2D eigenvalue weighted by Crippen LogP contribution is -2.18. The number of carbonyl (C=O) groups is 1. The Balaban J connectivity index is 1.85. The number of hydrogen-bond donors (Lipinski definition) is 1. The number of aryl methyl sites for hydroxylation is 2. The van der Waals surface area contributed by atoms with Gasteiger partial charge in [0, 0.05) is 17.7 Å². The highest BCUT2D eigenvalue weighted by Gasteiger charge is 2.27. The van der Waals surface area contributed by atoms with Crippen LogP contribution in [0.3, 0.4) is 0 Å². The first-order valence-electron chi connectivity index (χ1n) is 6.99. The van der Waals surface area contributed by atoms with E-state index in [4.69, 9.17) is 4.52 Å². The van der Waals surface area contributed by atoms with Gasteiger partial charge in [0.1, 0.15) is 5.76 Å². The minimum atomic E-state index is -0.182. The Labute approximate surface area is 118 Å². The molecule has 3 rings (SSSR count). The van der Waals surface area contributed by atoms with Gasteiger partial charge in [0.15, 0.2) is 5.69 Å². The Kier molecular flexibility index (Phi) is 3.30. The number of nitrogens with zero attached hydrogens (tertiary/aromatic N) is 1. The van der Waals surface area contributed by atoms with Crippen molar-refractivity contribution in [3.8, 4) is 0 Å². The van der Waals surface area contributed by atoms with Gasteiger partial charge in [-0.3, -0.25) is 4.79 Å². The third kappa shape index (κ3) is 2.33. The summed E-state index contributed by atoms with van der Waals surface area (Å²) in [4.78, 5) is 12.4. The molecule has 1 amide bonds. The molecule has 1 aliphatic carbocycles. The first kappa shape index (κ1) is 12.9. The number of fused-ring (bicyclic) bond motifs is 1. The van der Waals surface area contributed by atoms with Crippen LogP contribution >= 0.6 is 0 Å². The Morgan fingerprint density at radius 2 is 2.20 bits per heavy atom. The van der Waals surface area contributed by atoms with Gasteiger partial charge in [-0.05, 0) is 37.3 Å². The van der Waals surface area contributed by atoms with Crippen molar-refractivity contribution in [3.63, 3.8) is 0 Å². The van der Waals surface area contributed by atoms with Gasteiger partial charge in [0.25, 0.3) is 5.91 Å². The lowest BCUT2D eigenvalue weighted by Gasteiger charge is -2.16. The number of aromatic nitrogens is 1. The summed E-state index contributed by atoms with van der Waals surface area (Å²) >= 11 is 0. The average molecular weight is 270 g/mol. The zero-order valence-electron chi connectivity index (χ0n) is 11.8. The Morgan fingerprint density at radius 1 is 1.40 bits per heavy atom. The minimum Gasteiger partial charge on any atom is -0.360 e. The number of nitrogens with one attached hydrogen (secondary N) is 1. The Morgan fingerprint density at radius 3 is 3.00 bits per heavy atom. The molecule has 0 saturated carbocycles. The molecule has 0 saturated heterocycles. The molecule has 4 nitrogen and oxygen atoms in total. The molecule has 1 heterocycles. The van der Waals surface area contributed by atoms with E-state index in [2.05, 4.69) is 17.4 Å². The van der Waals surface area contributed by atoms with Crippen molar-refractivity contribution in [1.82, 2.24) is 5.16 Å². The fraction of sp³-hybridized carbons (Fsp3) is 0.375. The van der Waals surface area contributed by atoms with E-state index in [1.807, 2.05) is 31.2 Å². The summed E-state index contributed by atoms with van der Waals surface area (Å²) in [6.45, 7) is 4.16. The number of benzene rings is 1. The molecule has 1 atom stereocenters. The quantitative estimate of drug-likeness (QED) is 0.910. The second kappa shape index (κ2) is 5.12. The minimum absolute atomic E-state index is 0.182. The first-order chi connectivity index (χ1) is 9.65. The van der Waals surface area contributed by atoms with Crippen molar-refractivity contribution in [2.45, 2.75) is 33.1 Å². The molecule has 0 spiro atoms. The highest BCUT2D eigenvalue weighted by atomic mass is 16.5. The van der Waals surface area contributed by atoms with Crippen LogP contribution in [0.4, 0.5) is 5.69 Å². The van der Waals surface area contributed by atoms with Gasteiger partial charge < -0.3 is 9.84 Å². The maximum Gasteiger partial charge on any atom is 0.278 e. The second-order valence-electron chi connectivity index (χ2n) is 5.55. The maximum atomic E-state index is 12.4. The van der Waals surface area contributed by atoms with E-state index in [0.717, 1.165) is 41.8 Å². The van der Waals surface area contributed by atoms with E-state index >= 15 is 0 Å². The number of carbonyl (C=O) groups excluding carboxylic acids is 1. The number of amides is 1. The standard InChI is InChI=1S/C16H18N2O2/c1-10-7-8-14-12(9-10)15(18-20-14)16(19)17-13-6-4-3-5-11(13)2/h3-6,10H,7-9H2,1-2H3,(H,17,19). The van der Waals surface area contributed by atoms with Crippen molar-refractivity contribution in [1.29, 1.82) is 0 Å².